The van der Waals surface area contributed by atoms with Gasteiger partial charge in [-0.1, -0.05) is 23.9 Å². The third-order valence-corrected chi connectivity index (χ3v) is 9.18. The lowest BCUT2D eigenvalue weighted by Gasteiger charge is -2.37. The fourth-order valence-electron chi connectivity index (χ4n) is 5.62. The topological polar surface area (TPSA) is 88.1 Å². The van der Waals surface area contributed by atoms with E-state index in [0.717, 1.165) is 72.6 Å². The number of esters is 1. The zero-order valence-corrected chi connectivity index (χ0v) is 26.4. The number of piperazine rings is 1. The molecule has 2 aromatic carbocycles. The number of aromatic nitrogens is 2. The molecule has 0 spiro atoms. The molecule has 0 N–H and O–H groups in total. The van der Waals surface area contributed by atoms with Gasteiger partial charge < -0.3 is 24.2 Å². The molecule has 10 heteroatoms. The number of ether oxygens (including phenoxy) is 2. The van der Waals surface area contributed by atoms with Crippen molar-refractivity contribution in [1.29, 1.82) is 0 Å². The van der Waals surface area contributed by atoms with Crippen molar-refractivity contribution in [1.82, 2.24) is 14.9 Å². The summed E-state index contributed by atoms with van der Waals surface area (Å²) in [5, 5.41) is 0.758. The van der Waals surface area contributed by atoms with Gasteiger partial charge in [-0.15, -0.1) is 0 Å². The van der Waals surface area contributed by atoms with Gasteiger partial charge in [-0.25, -0.2) is 9.97 Å². The molecule has 3 heterocycles. The second-order valence-corrected chi connectivity index (χ2v) is 12.0. The van der Waals surface area contributed by atoms with Crippen molar-refractivity contribution in [2.75, 3.05) is 62.8 Å². The van der Waals surface area contributed by atoms with Crippen LogP contribution in [0.2, 0.25) is 0 Å². The second-order valence-electron chi connectivity index (χ2n) is 11.0. The molecule has 0 saturated carbocycles. The van der Waals surface area contributed by atoms with Gasteiger partial charge in [-0.05, 0) is 75.6 Å². The Bertz CT molecular complexity index is 1410. The first-order chi connectivity index (χ1) is 20.9. The average Bonchev–Trinajstić information content (AvgIpc) is 3.05. The minimum atomic E-state index is -0.242. The van der Waals surface area contributed by atoms with E-state index >= 15 is 0 Å². The van der Waals surface area contributed by atoms with Crippen LogP contribution in [0.25, 0.3) is 0 Å². The van der Waals surface area contributed by atoms with Gasteiger partial charge in [0.25, 0.3) is 5.91 Å². The number of benzene rings is 2. The van der Waals surface area contributed by atoms with Crippen molar-refractivity contribution >= 4 is 35.1 Å². The van der Waals surface area contributed by atoms with Crippen molar-refractivity contribution in [2.45, 2.75) is 44.5 Å². The highest BCUT2D eigenvalue weighted by atomic mass is 32.2. The molecule has 3 aromatic rings. The molecule has 2 aliphatic heterocycles. The van der Waals surface area contributed by atoms with Crippen LogP contribution in [0, 0.1) is 19.8 Å². The molecule has 1 amide bonds. The highest BCUT2D eigenvalue weighted by molar-refractivity contribution is 7.98. The first kappa shape index (κ1) is 30.7. The lowest BCUT2D eigenvalue weighted by molar-refractivity contribution is -0.149. The third-order valence-electron chi connectivity index (χ3n) is 8.26. The number of amides is 1. The van der Waals surface area contributed by atoms with Crippen LogP contribution >= 0.6 is 11.8 Å². The van der Waals surface area contributed by atoms with Crippen LogP contribution in [0.3, 0.4) is 0 Å². The smallest absolute Gasteiger partial charge is 0.310 e. The molecule has 2 aliphatic rings. The van der Waals surface area contributed by atoms with E-state index in [4.69, 9.17) is 19.4 Å². The minimum Gasteiger partial charge on any atom is -0.497 e. The zero-order chi connectivity index (χ0) is 30.3. The molecule has 2 fully saturated rings. The van der Waals surface area contributed by atoms with Crippen LogP contribution in [0.15, 0.2) is 53.7 Å². The second kappa shape index (κ2) is 14.1. The maximum absolute atomic E-state index is 13.1. The summed E-state index contributed by atoms with van der Waals surface area (Å²) < 4.78 is 10.5. The zero-order valence-electron chi connectivity index (χ0n) is 25.5. The van der Waals surface area contributed by atoms with E-state index in [2.05, 4.69) is 28.9 Å². The number of piperidine rings is 1. The van der Waals surface area contributed by atoms with E-state index in [1.807, 2.05) is 43.3 Å². The molecule has 5 rings (SSSR count). The maximum Gasteiger partial charge on any atom is 0.310 e. The summed E-state index contributed by atoms with van der Waals surface area (Å²) >= 11 is 1.61. The van der Waals surface area contributed by atoms with E-state index in [1.165, 1.54) is 5.69 Å². The summed E-state index contributed by atoms with van der Waals surface area (Å²) in [6.07, 6.45) is 1.57. The van der Waals surface area contributed by atoms with Gasteiger partial charge in [-0.3, -0.25) is 9.59 Å². The average molecular weight is 604 g/mol. The Labute approximate surface area is 258 Å². The third kappa shape index (κ3) is 7.41. The number of rotatable bonds is 9. The Morgan fingerprint density at radius 1 is 0.930 bits per heavy atom. The fourth-order valence-corrected chi connectivity index (χ4v) is 6.46. The number of aryl methyl sites for hydroxylation is 1. The van der Waals surface area contributed by atoms with E-state index < -0.39 is 0 Å². The number of methoxy groups -OCH3 is 1. The molecule has 0 aliphatic carbocycles. The quantitative estimate of drug-likeness (QED) is 0.188. The van der Waals surface area contributed by atoms with Crippen molar-refractivity contribution in [2.24, 2.45) is 5.92 Å². The van der Waals surface area contributed by atoms with Gasteiger partial charge >= 0.3 is 5.97 Å². The number of carbonyl (C=O) groups excluding carboxylic acids is 2. The monoisotopic (exact) mass is 603 g/mol. The number of hydrogen-bond donors (Lipinski definition) is 0. The number of likely N-dealkylation sites (tertiary alicyclic amines) is 1. The van der Waals surface area contributed by atoms with Gasteiger partial charge in [-0.2, -0.15) is 0 Å². The summed E-state index contributed by atoms with van der Waals surface area (Å²) in [6.45, 7) is 11.0. The fraction of sp³-hybridized carbons (Fsp3) is 0.455. The van der Waals surface area contributed by atoms with Crippen LogP contribution in [-0.2, 0) is 15.3 Å². The first-order valence-electron chi connectivity index (χ1n) is 15.0. The summed E-state index contributed by atoms with van der Waals surface area (Å²) in [4.78, 5) is 41.6. The Kier molecular flexibility index (Phi) is 10.1. The molecule has 1 atom stereocenters. The largest absolute Gasteiger partial charge is 0.497 e. The highest BCUT2D eigenvalue weighted by Gasteiger charge is 2.30. The van der Waals surface area contributed by atoms with Crippen molar-refractivity contribution < 1.29 is 19.1 Å². The number of carbonyl (C=O) groups is 2. The number of thioether (sulfide) groups is 1. The van der Waals surface area contributed by atoms with Gasteiger partial charge in [0.2, 0.25) is 0 Å². The van der Waals surface area contributed by atoms with Crippen LogP contribution in [0.5, 0.6) is 5.75 Å². The SMILES string of the molecule is CCOC(=O)[C@@H]1CCCN(C(=O)c2ccc(CSc3nc(C)c(C)c(N4CCN(c5ccc(OC)cc5)CC4)n3)cc2)C1. The Hall–Kier alpha value is -3.79. The molecule has 228 valence electrons. The first-order valence-corrected chi connectivity index (χ1v) is 16.0. The summed E-state index contributed by atoms with van der Waals surface area (Å²) in [7, 11) is 1.69. The minimum absolute atomic E-state index is 0.0394. The van der Waals surface area contributed by atoms with Crippen molar-refractivity contribution in [3.05, 3.63) is 70.9 Å². The van der Waals surface area contributed by atoms with Crippen molar-refractivity contribution in [3.8, 4) is 5.75 Å². The molecule has 1 aromatic heterocycles. The molecule has 0 unspecified atom stereocenters. The summed E-state index contributed by atoms with van der Waals surface area (Å²) in [5.41, 5.74) is 5.05. The lowest BCUT2D eigenvalue weighted by atomic mass is 9.97. The highest BCUT2D eigenvalue weighted by Crippen LogP contribution is 2.28. The molecule has 0 radical (unpaired) electrons. The normalized spacial score (nSPS) is 17.1. The summed E-state index contributed by atoms with van der Waals surface area (Å²) in [5.74, 6) is 2.09. The predicted octanol–water partition coefficient (Wildman–Crippen LogP) is 5.14. The van der Waals surface area contributed by atoms with E-state index in [0.29, 0.717) is 31.0 Å². The number of anilines is 2. The molecule has 0 bridgehead atoms. The van der Waals surface area contributed by atoms with Crippen molar-refractivity contribution in [3.63, 3.8) is 0 Å². The molecular weight excluding hydrogens is 562 g/mol. The molecule has 2 saturated heterocycles. The van der Waals surface area contributed by atoms with E-state index in [-0.39, 0.29) is 17.8 Å². The lowest BCUT2D eigenvalue weighted by Crippen LogP contribution is -2.47. The van der Waals surface area contributed by atoms with Gasteiger partial charge in [0, 0.05) is 67.5 Å². The van der Waals surface area contributed by atoms with E-state index in [9.17, 15) is 9.59 Å². The van der Waals surface area contributed by atoms with Crippen LogP contribution in [0.4, 0.5) is 11.5 Å². The van der Waals surface area contributed by atoms with Crippen LogP contribution in [0.1, 0.15) is 46.9 Å². The molecular formula is C33H41N5O4S. The number of hydrogen-bond acceptors (Lipinski definition) is 9. The standard InChI is InChI=1S/C33H41N5O4S/c1-5-42-32(40)27-7-6-16-38(21-27)31(39)26-10-8-25(9-11-26)22-43-33-34-24(3)23(2)30(35-33)37-19-17-36(18-20-37)28-12-14-29(41-4)15-13-28/h8-15,27H,5-7,16-22H2,1-4H3/t27-/m1/s1. The van der Waals surface area contributed by atoms with Gasteiger partial charge in [0.1, 0.15) is 11.6 Å². The van der Waals surface area contributed by atoms with Gasteiger partial charge in [0.05, 0.1) is 19.6 Å². The Balaban J connectivity index is 1.17. The van der Waals surface area contributed by atoms with Gasteiger partial charge in [0.15, 0.2) is 5.16 Å². The molecule has 43 heavy (non-hydrogen) atoms. The summed E-state index contributed by atoms with van der Waals surface area (Å²) in [6, 6.07) is 16.0. The number of nitrogens with zero attached hydrogens (tertiary/aromatic N) is 5. The van der Waals surface area contributed by atoms with Crippen LogP contribution in [-0.4, -0.2) is 79.7 Å². The molecule has 9 nitrogen and oxygen atoms in total. The Morgan fingerprint density at radius 3 is 2.30 bits per heavy atom. The maximum atomic E-state index is 13.1. The van der Waals surface area contributed by atoms with Crippen LogP contribution < -0.4 is 14.5 Å². The Morgan fingerprint density at radius 2 is 1.63 bits per heavy atom. The predicted molar refractivity (Wildman–Crippen MR) is 170 cm³/mol. The van der Waals surface area contributed by atoms with E-state index in [1.54, 1.807) is 30.7 Å².